The maximum atomic E-state index is 10.4. The minimum Gasteiger partial charge on any atom is -0.481 e. The zero-order chi connectivity index (χ0) is 13.5. The topological polar surface area (TPSA) is 62.2 Å². The van der Waals surface area contributed by atoms with E-state index in [0.717, 1.165) is 42.4 Å². The lowest BCUT2D eigenvalue weighted by Crippen LogP contribution is -2.02. The molecule has 0 aliphatic carbocycles. The summed E-state index contributed by atoms with van der Waals surface area (Å²) in [7, 11) is 0. The van der Waals surface area contributed by atoms with Gasteiger partial charge in [-0.2, -0.15) is 0 Å². The Morgan fingerprint density at radius 3 is 2.95 bits per heavy atom. The van der Waals surface area contributed by atoms with Crippen molar-refractivity contribution in [2.45, 2.75) is 25.7 Å². The van der Waals surface area contributed by atoms with Crippen molar-refractivity contribution >= 4 is 22.6 Å². The monoisotopic (exact) mass is 258 g/mol. The largest absolute Gasteiger partial charge is 0.481 e. The molecule has 2 N–H and O–H groups in total. The lowest BCUT2D eigenvalue weighted by molar-refractivity contribution is -0.137. The highest BCUT2D eigenvalue weighted by Crippen LogP contribution is 2.17. The zero-order valence-electron chi connectivity index (χ0n) is 10.8. The van der Waals surface area contributed by atoms with Gasteiger partial charge in [-0.25, -0.2) is 0 Å². The van der Waals surface area contributed by atoms with Crippen molar-refractivity contribution in [1.82, 2.24) is 4.98 Å². The number of carbonyl (C=O) groups is 1. The van der Waals surface area contributed by atoms with E-state index in [1.54, 1.807) is 6.20 Å². The molecule has 1 aromatic heterocycles. The number of rotatable bonds is 7. The molecule has 0 aliphatic rings. The lowest BCUT2D eigenvalue weighted by atomic mass is 10.2. The number of nitrogens with one attached hydrogen (secondary N) is 1. The summed E-state index contributed by atoms with van der Waals surface area (Å²) in [5, 5.41) is 13.0. The molecule has 2 aromatic rings. The third-order valence-corrected chi connectivity index (χ3v) is 3.00. The molecule has 0 bridgehead atoms. The van der Waals surface area contributed by atoms with Gasteiger partial charge >= 0.3 is 5.97 Å². The number of pyridine rings is 1. The summed E-state index contributed by atoms with van der Waals surface area (Å²) in [5.41, 5.74) is 2.08. The summed E-state index contributed by atoms with van der Waals surface area (Å²) in [6.45, 7) is 0.866. The second kappa shape index (κ2) is 6.73. The summed E-state index contributed by atoms with van der Waals surface area (Å²) in [5.74, 6) is -0.713. The summed E-state index contributed by atoms with van der Waals surface area (Å²) in [6, 6.07) is 10.1. The molecule has 100 valence electrons. The molecule has 2 rings (SSSR count). The van der Waals surface area contributed by atoms with E-state index in [1.807, 2.05) is 24.3 Å². The molecule has 0 saturated heterocycles. The van der Waals surface area contributed by atoms with E-state index < -0.39 is 5.97 Å². The normalized spacial score (nSPS) is 10.5. The van der Waals surface area contributed by atoms with E-state index in [2.05, 4.69) is 16.4 Å². The van der Waals surface area contributed by atoms with Crippen LogP contribution in [0.4, 0.5) is 5.69 Å². The number of benzene rings is 1. The standard InChI is InChI=1S/C15H18N2O2/c18-15(19)6-2-1-3-9-16-13-7-8-14-12(11-13)5-4-10-17-14/h4-5,7-8,10-11,16H,1-3,6,9H2,(H,18,19). The second-order valence-electron chi connectivity index (χ2n) is 4.54. The minimum absolute atomic E-state index is 0.266. The fourth-order valence-electron chi connectivity index (χ4n) is 2.00. The molecular weight excluding hydrogens is 240 g/mol. The number of aliphatic carboxylic acids is 1. The summed E-state index contributed by atoms with van der Waals surface area (Å²) in [6.07, 6.45) is 4.73. The van der Waals surface area contributed by atoms with Gasteiger partial charge in [0.05, 0.1) is 5.52 Å². The van der Waals surface area contributed by atoms with Gasteiger partial charge in [-0.1, -0.05) is 12.5 Å². The van der Waals surface area contributed by atoms with Gasteiger partial charge in [0, 0.05) is 30.2 Å². The maximum absolute atomic E-state index is 10.4. The first-order valence-corrected chi connectivity index (χ1v) is 6.56. The molecule has 4 heteroatoms. The fraction of sp³-hybridized carbons (Fsp3) is 0.333. The zero-order valence-corrected chi connectivity index (χ0v) is 10.8. The summed E-state index contributed by atoms with van der Waals surface area (Å²) < 4.78 is 0. The van der Waals surface area contributed by atoms with E-state index in [4.69, 9.17) is 5.11 Å². The number of fused-ring (bicyclic) bond motifs is 1. The summed E-state index contributed by atoms with van der Waals surface area (Å²) >= 11 is 0. The Bertz CT molecular complexity index is 555. The molecule has 0 spiro atoms. The number of anilines is 1. The van der Waals surface area contributed by atoms with Crippen LogP contribution in [0.25, 0.3) is 10.9 Å². The van der Waals surface area contributed by atoms with Crippen LogP contribution in [0.3, 0.4) is 0 Å². The van der Waals surface area contributed by atoms with E-state index in [0.29, 0.717) is 0 Å². The number of nitrogens with zero attached hydrogens (tertiary/aromatic N) is 1. The number of hydrogen-bond donors (Lipinski definition) is 2. The van der Waals surface area contributed by atoms with Crippen molar-refractivity contribution in [2.75, 3.05) is 11.9 Å². The molecule has 4 nitrogen and oxygen atoms in total. The average Bonchev–Trinajstić information content (AvgIpc) is 2.42. The van der Waals surface area contributed by atoms with Crippen LogP contribution in [0.1, 0.15) is 25.7 Å². The molecule has 0 fully saturated rings. The lowest BCUT2D eigenvalue weighted by Gasteiger charge is -2.07. The van der Waals surface area contributed by atoms with Crippen LogP contribution in [0.5, 0.6) is 0 Å². The Balaban J connectivity index is 1.77. The van der Waals surface area contributed by atoms with Crippen molar-refractivity contribution in [1.29, 1.82) is 0 Å². The first-order chi connectivity index (χ1) is 9.25. The van der Waals surface area contributed by atoms with Crippen molar-refractivity contribution < 1.29 is 9.90 Å². The molecular formula is C15H18N2O2. The number of carboxylic acids is 1. The number of aromatic nitrogens is 1. The fourth-order valence-corrected chi connectivity index (χ4v) is 2.00. The first kappa shape index (κ1) is 13.3. The Labute approximate surface area is 112 Å². The van der Waals surface area contributed by atoms with Crippen LogP contribution in [0.2, 0.25) is 0 Å². The smallest absolute Gasteiger partial charge is 0.303 e. The minimum atomic E-state index is -0.713. The van der Waals surface area contributed by atoms with Crippen molar-refractivity contribution in [3.63, 3.8) is 0 Å². The van der Waals surface area contributed by atoms with Crippen molar-refractivity contribution in [3.8, 4) is 0 Å². The summed E-state index contributed by atoms with van der Waals surface area (Å²) in [4.78, 5) is 14.6. The van der Waals surface area contributed by atoms with E-state index >= 15 is 0 Å². The SMILES string of the molecule is O=C(O)CCCCCNc1ccc2ncccc2c1. The van der Waals surface area contributed by atoms with Crippen LogP contribution in [-0.4, -0.2) is 22.6 Å². The van der Waals surface area contributed by atoms with Gasteiger partial charge in [-0.05, 0) is 37.1 Å². The van der Waals surface area contributed by atoms with Crippen LogP contribution < -0.4 is 5.32 Å². The van der Waals surface area contributed by atoms with Gasteiger partial charge in [0.25, 0.3) is 0 Å². The first-order valence-electron chi connectivity index (χ1n) is 6.56. The Kier molecular flexibility index (Phi) is 4.72. The molecule has 0 aliphatic heterocycles. The molecule has 0 atom stereocenters. The van der Waals surface area contributed by atoms with Crippen LogP contribution >= 0.6 is 0 Å². The van der Waals surface area contributed by atoms with Gasteiger partial charge in [-0.15, -0.1) is 0 Å². The van der Waals surface area contributed by atoms with Gasteiger partial charge in [0.2, 0.25) is 0 Å². The number of unbranched alkanes of at least 4 members (excludes halogenated alkanes) is 2. The van der Waals surface area contributed by atoms with Crippen LogP contribution in [-0.2, 0) is 4.79 Å². The highest BCUT2D eigenvalue weighted by molar-refractivity contribution is 5.82. The van der Waals surface area contributed by atoms with Crippen molar-refractivity contribution in [2.24, 2.45) is 0 Å². The number of carboxylic acid groups (broad SMARTS) is 1. The van der Waals surface area contributed by atoms with Crippen molar-refractivity contribution in [3.05, 3.63) is 36.5 Å². The Morgan fingerprint density at radius 2 is 2.11 bits per heavy atom. The number of hydrogen-bond acceptors (Lipinski definition) is 3. The van der Waals surface area contributed by atoms with Crippen LogP contribution in [0.15, 0.2) is 36.5 Å². The van der Waals surface area contributed by atoms with E-state index in [9.17, 15) is 4.79 Å². The Hall–Kier alpha value is -2.10. The molecule has 0 radical (unpaired) electrons. The molecule has 0 saturated carbocycles. The predicted molar refractivity (Wildman–Crippen MR) is 76.3 cm³/mol. The second-order valence-corrected chi connectivity index (χ2v) is 4.54. The quantitative estimate of drug-likeness (QED) is 0.748. The van der Waals surface area contributed by atoms with Gasteiger partial charge in [0.15, 0.2) is 0 Å². The maximum Gasteiger partial charge on any atom is 0.303 e. The molecule has 1 heterocycles. The van der Waals surface area contributed by atoms with E-state index in [-0.39, 0.29) is 6.42 Å². The van der Waals surface area contributed by atoms with Gasteiger partial charge in [-0.3, -0.25) is 9.78 Å². The molecule has 19 heavy (non-hydrogen) atoms. The van der Waals surface area contributed by atoms with Gasteiger partial charge < -0.3 is 10.4 Å². The molecule has 0 amide bonds. The van der Waals surface area contributed by atoms with E-state index in [1.165, 1.54) is 0 Å². The average molecular weight is 258 g/mol. The van der Waals surface area contributed by atoms with Gasteiger partial charge in [0.1, 0.15) is 0 Å². The highest BCUT2D eigenvalue weighted by Gasteiger charge is 1.98. The Morgan fingerprint density at radius 1 is 1.21 bits per heavy atom. The highest BCUT2D eigenvalue weighted by atomic mass is 16.4. The predicted octanol–water partition coefficient (Wildman–Crippen LogP) is 3.29. The molecule has 0 unspecified atom stereocenters. The molecule has 1 aromatic carbocycles. The third kappa shape index (κ3) is 4.25. The third-order valence-electron chi connectivity index (χ3n) is 3.00. The van der Waals surface area contributed by atoms with Crippen LogP contribution in [0, 0.1) is 0 Å².